The third kappa shape index (κ3) is 2.95. The number of nitrogens with zero attached hydrogens (tertiary/aromatic N) is 1. The molecule has 0 aliphatic rings. The first-order chi connectivity index (χ1) is 6.13. The normalized spacial score (nSPS) is 10.1. The Morgan fingerprint density at radius 2 is 2.38 bits per heavy atom. The Labute approximate surface area is 84.4 Å². The van der Waals surface area contributed by atoms with Gasteiger partial charge in [-0.05, 0) is 0 Å². The van der Waals surface area contributed by atoms with E-state index in [4.69, 9.17) is 21.1 Å². The van der Waals surface area contributed by atoms with Crippen LogP contribution in [0.25, 0.3) is 0 Å². The van der Waals surface area contributed by atoms with Crippen LogP contribution >= 0.6 is 22.9 Å². The van der Waals surface area contributed by atoms with Gasteiger partial charge in [0.1, 0.15) is 5.69 Å². The third-order valence-electron chi connectivity index (χ3n) is 1.15. The van der Waals surface area contributed by atoms with E-state index in [2.05, 4.69) is 4.98 Å². The number of thiazole rings is 1. The van der Waals surface area contributed by atoms with Crippen molar-refractivity contribution in [1.29, 1.82) is 0 Å². The van der Waals surface area contributed by atoms with Crippen molar-refractivity contribution in [1.82, 2.24) is 4.98 Å². The van der Waals surface area contributed by atoms with Gasteiger partial charge in [0.2, 0.25) is 5.06 Å². The van der Waals surface area contributed by atoms with E-state index in [9.17, 15) is 4.79 Å². The first-order valence-corrected chi connectivity index (χ1v) is 4.65. The van der Waals surface area contributed by atoms with E-state index in [0.29, 0.717) is 15.2 Å². The number of carbonyl (C=O) groups excluding carboxylic acids is 1. The summed E-state index contributed by atoms with van der Waals surface area (Å²) in [5, 5.41) is 0.402. The van der Waals surface area contributed by atoms with Crippen molar-refractivity contribution in [2.24, 2.45) is 0 Å². The molecule has 0 amide bonds. The van der Waals surface area contributed by atoms with E-state index >= 15 is 0 Å². The summed E-state index contributed by atoms with van der Waals surface area (Å²) >= 11 is 6.76. The largest absolute Gasteiger partial charge is 0.413 e. The molecule has 1 aromatic rings. The maximum absolute atomic E-state index is 10.7. The van der Waals surface area contributed by atoms with Crippen molar-refractivity contribution in [3.8, 4) is 5.06 Å². The average Bonchev–Trinajstić information content (AvgIpc) is 2.31. The minimum absolute atomic E-state index is 0.284. The maximum Gasteiger partial charge on any atom is 0.308 e. The highest BCUT2D eigenvalue weighted by Crippen LogP contribution is 2.30. The molecule has 0 aliphatic carbocycles. The number of ether oxygens (including phenoxy) is 2. The lowest BCUT2D eigenvalue weighted by molar-refractivity contribution is -0.131. The molecule has 0 unspecified atom stereocenters. The summed E-state index contributed by atoms with van der Waals surface area (Å²) in [6.07, 6.45) is 0. The van der Waals surface area contributed by atoms with E-state index in [1.54, 1.807) is 0 Å². The first-order valence-electron chi connectivity index (χ1n) is 3.46. The molecule has 4 nitrogen and oxygen atoms in total. The summed E-state index contributed by atoms with van der Waals surface area (Å²) in [4.78, 5) is 14.6. The van der Waals surface area contributed by atoms with Crippen LogP contribution in [0, 0.1) is 0 Å². The summed E-state index contributed by atoms with van der Waals surface area (Å²) in [6, 6.07) is 0. The van der Waals surface area contributed by atoms with E-state index in [0.717, 1.165) is 11.3 Å². The van der Waals surface area contributed by atoms with Crippen LogP contribution in [0.4, 0.5) is 0 Å². The van der Waals surface area contributed by atoms with Crippen LogP contribution in [0.15, 0.2) is 0 Å². The van der Waals surface area contributed by atoms with E-state index in [1.807, 2.05) is 0 Å². The van der Waals surface area contributed by atoms with Gasteiger partial charge in [-0.15, -0.1) is 0 Å². The molecule has 0 saturated heterocycles. The molecule has 1 rings (SSSR count). The predicted octanol–water partition coefficient (Wildman–Crippen LogP) is 1.87. The third-order valence-corrected chi connectivity index (χ3v) is 2.23. The van der Waals surface area contributed by atoms with Crippen molar-refractivity contribution in [2.45, 2.75) is 13.5 Å². The zero-order chi connectivity index (χ0) is 9.84. The zero-order valence-corrected chi connectivity index (χ0v) is 8.74. The SMILES string of the molecule is COCc1nc(Cl)sc1OC(C)=O. The number of rotatable bonds is 3. The molecule has 1 aromatic heterocycles. The second kappa shape index (κ2) is 4.55. The highest BCUT2D eigenvalue weighted by molar-refractivity contribution is 7.17. The minimum atomic E-state index is -0.391. The van der Waals surface area contributed by atoms with Gasteiger partial charge in [0.05, 0.1) is 6.61 Å². The van der Waals surface area contributed by atoms with Gasteiger partial charge in [-0.2, -0.15) is 0 Å². The molecule has 72 valence electrons. The van der Waals surface area contributed by atoms with E-state index in [-0.39, 0.29) is 6.61 Å². The van der Waals surface area contributed by atoms with Gasteiger partial charge >= 0.3 is 5.97 Å². The van der Waals surface area contributed by atoms with Gasteiger partial charge in [-0.3, -0.25) is 4.79 Å². The molecule has 0 N–H and O–H groups in total. The quantitative estimate of drug-likeness (QED) is 0.732. The summed E-state index contributed by atoms with van der Waals surface area (Å²) in [7, 11) is 1.53. The topological polar surface area (TPSA) is 48.4 Å². The number of methoxy groups -OCH3 is 1. The summed E-state index contributed by atoms with van der Waals surface area (Å²) in [5.41, 5.74) is 0.549. The molecule has 0 spiro atoms. The van der Waals surface area contributed by atoms with Gasteiger partial charge in [0.15, 0.2) is 4.47 Å². The van der Waals surface area contributed by atoms with Crippen molar-refractivity contribution in [2.75, 3.05) is 7.11 Å². The molecular weight excluding hydrogens is 214 g/mol. The van der Waals surface area contributed by atoms with Crippen LogP contribution in [-0.4, -0.2) is 18.1 Å². The van der Waals surface area contributed by atoms with E-state index in [1.165, 1.54) is 14.0 Å². The lowest BCUT2D eigenvalue weighted by Crippen LogP contribution is -2.02. The van der Waals surface area contributed by atoms with Gasteiger partial charge in [0, 0.05) is 14.0 Å². The van der Waals surface area contributed by atoms with Crippen molar-refractivity contribution in [3.63, 3.8) is 0 Å². The van der Waals surface area contributed by atoms with Gasteiger partial charge in [-0.1, -0.05) is 22.9 Å². The first kappa shape index (κ1) is 10.4. The molecule has 0 fully saturated rings. The molecular formula is C7H8ClNO3S. The Bertz CT molecular complexity index is 313. The molecule has 13 heavy (non-hydrogen) atoms. The minimum Gasteiger partial charge on any atom is -0.413 e. The van der Waals surface area contributed by atoms with Crippen LogP contribution in [0.2, 0.25) is 4.47 Å². The standard InChI is InChI=1S/C7H8ClNO3S/c1-4(10)12-6-5(3-11-2)9-7(8)13-6/h3H2,1-2H3. The zero-order valence-electron chi connectivity index (χ0n) is 7.17. The van der Waals surface area contributed by atoms with Crippen LogP contribution < -0.4 is 4.74 Å². The monoisotopic (exact) mass is 221 g/mol. The molecule has 0 bridgehead atoms. The van der Waals surface area contributed by atoms with E-state index < -0.39 is 5.97 Å². The van der Waals surface area contributed by atoms with Crippen molar-refractivity contribution < 1.29 is 14.3 Å². The number of hydrogen-bond donors (Lipinski definition) is 0. The van der Waals surface area contributed by atoms with Crippen LogP contribution in [0.5, 0.6) is 5.06 Å². The molecule has 0 saturated carbocycles. The second-order valence-electron chi connectivity index (χ2n) is 2.23. The fourth-order valence-corrected chi connectivity index (χ4v) is 1.75. The van der Waals surface area contributed by atoms with Gasteiger partial charge in [0.25, 0.3) is 0 Å². The lowest BCUT2D eigenvalue weighted by atomic mass is 10.5. The Morgan fingerprint density at radius 1 is 1.69 bits per heavy atom. The van der Waals surface area contributed by atoms with Crippen LogP contribution in [-0.2, 0) is 16.1 Å². The molecule has 6 heteroatoms. The maximum atomic E-state index is 10.7. The number of carbonyl (C=O) groups is 1. The number of aromatic nitrogens is 1. The Hall–Kier alpha value is -0.650. The average molecular weight is 222 g/mol. The van der Waals surface area contributed by atoms with Gasteiger partial charge in [-0.25, -0.2) is 4.98 Å². The number of esters is 1. The van der Waals surface area contributed by atoms with Crippen molar-refractivity contribution >= 4 is 28.9 Å². The van der Waals surface area contributed by atoms with Crippen LogP contribution in [0.3, 0.4) is 0 Å². The molecule has 0 atom stereocenters. The Balaban J connectivity index is 2.83. The lowest BCUT2D eigenvalue weighted by Gasteiger charge is -1.99. The molecule has 0 aliphatic heterocycles. The predicted molar refractivity (Wildman–Crippen MR) is 49.1 cm³/mol. The highest BCUT2D eigenvalue weighted by atomic mass is 35.5. The van der Waals surface area contributed by atoms with Crippen LogP contribution in [0.1, 0.15) is 12.6 Å². The van der Waals surface area contributed by atoms with Crippen molar-refractivity contribution in [3.05, 3.63) is 10.2 Å². The highest BCUT2D eigenvalue weighted by Gasteiger charge is 2.12. The smallest absolute Gasteiger partial charge is 0.308 e. The second-order valence-corrected chi connectivity index (χ2v) is 3.77. The fourth-order valence-electron chi connectivity index (χ4n) is 0.748. The summed E-state index contributed by atoms with van der Waals surface area (Å²) in [6.45, 7) is 1.61. The summed E-state index contributed by atoms with van der Waals surface area (Å²) < 4.78 is 10.1. The Morgan fingerprint density at radius 3 is 2.92 bits per heavy atom. The number of halogens is 1. The molecule has 0 radical (unpaired) electrons. The Kier molecular flexibility index (Phi) is 3.65. The fraction of sp³-hybridized carbons (Fsp3) is 0.429. The molecule has 0 aromatic carbocycles. The molecule has 1 heterocycles. The summed E-state index contributed by atoms with van der Waals surface area (Å²) in [5.74, 6) is -0.391. The number of hydrogen-bond acceptors (Lipinski definition) is 5. The van der Waals surface area contributed by atoms with Gasteiger partial charge < -0.3 is 9.47 Å².